The highest BCUT2D eigenvalue weighted by molar-refractivity contribution is 14.1. The Balaban J connectivity index is 2.27. The molecule has 0 unspecified atom stereocenters. The highest BCUT2D eigenvalue weighted by Crippen LogP contribution is 2.26. The quantitative estimate of drug-likeness (QED) is 0.627. The lowest BCUT2D eigenvalue weighted by atomic mass is 10.1. The van der Waals surface area contributed by atoms with Crippen molar-refractivity contribution in [2.75, 3.05) is 0 Å². The number of benzene rings is 1. The molecule has 0 aliphatic heterocycles. The summed E-state index contributed by atoms with van der Waals surface area (Å²) in [5, 5.41) is 17.3. The summed E-state index contributed by atoms with van der Waals surface area (Å²) in [6, 6.07) is 11.7. The van der Waals surface area contributed by atoms with Crippen molar-refractivity contribution in [1.29, 1.82) is 5.26 Å². The summed E-state index contributed by atoms with van der Waals surface area (Å²) in [6.07, 6.45) is 1.83. The van der Waals surface area contributed by atoms with E-state index in [-0.39, 0.29) is 0 Å². The third-order valence-corrected chi connectivity index (χ3v) is 4.40. The predicted octanol–water partition coefficient (Wildman–Crippen LogP) is 3.18. The lowest BCUT2D eigenvalue weighted by Crippen LogP contribution is -1.93. The third kappa shape index (κ3) is 1.98. The second kappa shape index (κ2) is 4.63. The summed E-state index contributed by atoms with van der Waals surface area (Å²) in [5.41, 5.74) is 3.54. The van der Waals surface area contributed by atoms with Gasteiger partial charge in [-0.05, 0) is 41.1 Å². The van der Waals surface area contributed by atoms with Crippen LogP contribution in [-0.4, -0.2) is 14.6 Å². The highest BCUT2D eigenvalue weighted by atomic mass is 127. The molecule has 1 aromatic carbocycles. The first kappa shape index (κ1) is 12.1. The van der Waals surface area contributed by atoms with Gasteiger partial charge in [0.15, 0.2) is 11.5 Å². The number of fused-ring (bicyclic) bond motifs is 1. The highest BCUT2D eigenvalue weighted by Gasteiger charge is 2.12. The second-order valence-corrected chi connectivity index (χ2v) is 5.29. The fourth-order valence-electron chi connectivity index (χ4n) is 1.96. The number of pyridine rings is 1. The minimum Gasteiger partial charge on any atom is -0.282 e. The maximum absolute atomic E-state index is 8.89. The smallest absolute Gasteiger partial charge is 0.169 e. The van der Waals surface area contributed by atoms with E-state index in [1.165, 1.54) is 9.13 Å². The van der Waals surface area contributed by atoms with Crippen LogP contribution in [0.3, 0.4) is 0 Å². The van der Waals surface area contributed by atoms with Gasteiger partial charge in [0.05, 0.1) is 11.6 Å². The Morgan fingerprint density at radius 3 is 2.89 bits per heavy atom. The maximum Gasteiger partial charge on any atom is 0.169 e. The number of halogens is 1. The second-order valence-electron chi connectivity index (χ2n) is 4.22. The molecule has 0 saturated heterocycles. The fourth-order valence-corrected chi connectivity index (χ4v) is 2.56. The van der Waals surface area contributed by atoms with Gasteiger partial charge in [0, 0.05) is 21.4 Å². The van der Waals surface area contributed by atoms with Crippen LogP contribution in [0.4, 0.5) is 0 Å². The summed E-state index contributed by atoms with van der Waals surface area (Å²) < 4.78 is 3.07. The summed E-state index contributed by atoms with van der Waals surface area (Å²) >= 11 is 2.32. The average molecular weight is 360 g/mol. The zero-order chi connectivity index (χ0) is 13.4. The third-order valence-electron chi connectivity index (χ3n) is 2.97. The Hall–Kier alpha value is -1.94. The molecule has 0 N–H and O–H groups in total. The van der Waals surface area contributed by atoms with E-state index in [1.807, 2.05) is 22.7 Å². The summed E-state index contributed by atoms with van der Waals surface area (Å²) in [5.74, 6) is 0.799. The van der Waals surface area contributed by atoms with E-state index in [1.54, 1.807) is 12.1 Å². The lowest BCUT2D eigenvalue weighted by molar-refractivity contribution is 1.11. The van der Waals surface area contributed by atoms with Crippen molar-refractivity contribution in [3.63, 3.8) is 0 Å². The van der Waals surface area contributed by atoms with Crippen molar-refractivity contribution in [1.82, 2.24) is 14.6 Å². The Labute approximate surface area is 123 Å². The number of rotatable bonds is 1. The topological polar surface area (TPSA) is 54.0 Å². The lowest BCUT2D eigenvalue weighted by Gasteiger charge is -2.05. The number of aromatic nitrogens is 3. The summed E-state index contributed by atoms with van der Waals surface area (Å²) in [7, 11) is 0. The summed E-state index contributed by atoms with van der Waals surface area (Å²) in [6.45, 7) is 2.07. The van der Waals surface area contributed by atoms with Crippen LogP contribution in [0.15, 0.2) is 36.5 Å². The van der Waals surface area contributed by atoms with Gasteiger partial charge in [-0.3, -0.25) is 4.40 Å². The SMILES string of the molecule is Cc1cccc(-c2nnc3cc(C#N)ccn23)c1I. The Bertz CT molecular complexity index is 814. The van der Waals surface area contributed by atoms with Gasteiger partial charge >= 0.3 is 0 Å². The molecule has 0 fully saturated rings. The Morgan fingerprint density at radius 1 is 1.26 bits per heavy atom. The van der Waals surface area contributed by atoms with Crippen LogP contribution in [0.5, 0.6) is 0 Å². The molecule has 2 heterocycles. The average Bonchev–Trinajstić information content (AvgIpc) is 2.84. The van der Waals surface area contributed by atoms with Crippen molar-refractivity contribution >= 4 is 28.2 Å². The van der Waals surface area contributed by atoms with Gasteiger partial charge in [-0.1, -0.05) is 18.2 Å². The standard InChI is InChI=1S/C14H9IN4/c1-9-3-2-4-11(13(9)15)14-18-17-12-7-10(8-16)5-6-19(12)14/h2-7H,1H3. The molecule has 0 aliphatic rings. The number of nitriles is 1. The van der Waals surface area contributed by atoms with Crippen LogP contribution in [0, 0.1) is 21.8 Å². The minimum absolute atomic E-state index is 0.588. The molecule has 19 heavy (non-hydrogen) atoms. The van der Waals surface area contributed by atoms with Crippen molar-refractivity contribution < 1.29 is 0 Å². The van der Waals surface area contributed by atoms with Crippen LogP contribution in [0.25, 0.3) is 17.0 Å². The van der Waals surface area contributed by atoms with Crippen molar-refractivity contribution in [2.24, 2.45) is 0 Å². The van der Waals surface area contributed by atoms with Gasteiger partial charge in [-0.15, -0.1) is 10.2 Å². The van der Waals surface area contributed by atoms with Crippen LogP contribution in [0.1, 0.15) is 11.1 Å². The van der Waals surface area contributed by atoms with Crippen molar-refractivity contribution in [3.8, 4) is 17.5 Å². The van der Waals surface area contributed by atoms with Crippen molar-refractivity contribution in [3.05, 3.63) is 51.2 Å². The molecule has 0 atom stereocenters. The molecule has 4 nitrogen and oxygen atoms in total. The van der Waals surface area contributed by atoms with Gasteiger partial charge in [-0.25, -0.2) is 0 Å². The van der Waals surface area contributed by atoms with Gasteiger partial charge in [0.25, 0.3) is 0 Å². The van der Waals surface area contributed by atoms with Gasteiger partial charge in [0.1, 0.15) is 0 Å². The molecule has 3 aromatic rings. The molecule has 5 heteroatoms. The first-order valence-electron chi connectivity index (χ1n) is 5.71. The predicted molar refractivity (Wildman–Crippen MR) is 80.6 cm³/mol. The van der Waals surface area contributed by atoms with E-state index in [2.05, 4.69) is 51.8 Å². The van der Waals surface area contributed by atoms with E-state index in [9.17, 15) is 0 Å². The largest absolute Gasteiger partial charge is 0.282 e. The molecule has 0 saturated carbocycles. The normalized spacial score (nSPS) is 10.6. The minimum atomic E-state index is 0.588. The van der Waals surface area contributed by atoms with Crippen LogP contribution in [-0.2, 0) is 0 Å². The number of aryl methyl sites for hydroxylation is 1. The molecule has 2 aromatic heterocycles. The molecule has 0 aliphatic carbocycles. The molecule has 92 valence electrons. The van der Waals surface area contributed by atoms with Crippen LogP contribution >= 0.6 is 22.6 Å². The first-order chi connectivity index (χ1) is 9.20. The maximum atomic E-state index is 8.89. The van der Waals surface area contributed by atoms with E-state index >= 15 is 0 Å². The molecule has 0 amide bonds. The number of nitrogens with zero attached hydrogens (tertiary/aromatic N) is 4. The molecular formula is C14H9IN4. The van der Waals surface area contributed by atoms with Crippen LogP contribution < -0.4 is 0 Å². The van der Waals surface area contributed by atoms with Gasteiger partial charge in [-0.2, -0.15) is 5.26 Å². The van der Waals surface area contributed by atoms with E-state index in [0.29, 0.717) is 11.2 Å². The van der Waals surface area contributed by atoms with Crippen molar-refractivity contribution in [2.45, 2.75) is 6.92 Å². The molecule has 0 bridgehead atoms. The molecule has 3 rings (SSSR count). The molecular weight excluding hydrogens is 351 g/mol. The molecule has 0 spiro atoms. The van der Waals surface area contributed by atoms with E-state index in [4.69, 9.17) is 5.26 Å². The fraction of sp³-hybridized carbons (Fsp3) is 0.0714. The Morgan fingerprint density at radius 2 is 2.11 bits per heavy atom. The number of hydrogen-bond donors (Lipinski definition) is 0. The monoisotopic (exact) mass is 360 g/mol. The zero-order valence-electron chi connectivity index (χ0n) is 10.1. The van der Waals surface area contributed by atoms with Crippen LogP contribution in [0.2, 0.25) is 0 Å². The first-order valence-corrected chi connectivity index (χ1v) is 6.79. The molecule has 0 radical (unpaired) electrons. The number of hydrogen-bond acceptors (Lipinski definition) is 3. The summed E-state index contributed by atoms with van der Waals surface area (Å²) in [4.78, 5) is 0. The van der Waals surface area contributed by atoms with Gasteiger partial charge in [0.2, 0.25) is 0 Å². The van der Waals surface area contributed by atoms with E-state index in [0.717, 1.165) is 11.4 Å². The zero-order valence-corrected chi connectivity index (χ0v) is 12.3. The van der Waals surface area contributed by atoms with Gasteiger partial charge < -0.3 is 0 Å². The van der Waals surface area contributed by atoms with E-state index < -0.39 is 0 Å². The Kier molecular flexibility index (Phi) is 2.95.